The van der Waals surface area contributed by atoms with Gasteiger partial charge in [0.25, 0.3) is 0 Å². The molecule has 3 nitrogen and oxygen atoms in total. The van der Waals surface area contributed by atoms with Crippen LogP contribution < -0.4 is 5.32 Å². The van der Waals surface area contributed by atoms with E-state index in [4.69, 9.17) is 0 Å². The molecule has 0 unspecified atom stereocenters. The van der Waals surface area contributed by atoms with E-state index in [1.54, 1.807) is 0 Å². The van der Waals surface area contributed by atoms with Gasteiger partial charge in [0.05, 0.1) is 0 Å². The van der Waals surface area contributed by atoms with Gasteiger partial charge in [-0.25, -0.2) is 9.18 Å². The van der Waals surface area contributed by atoms with Crippen molar-refractivity contribution >= 4 is 6.09 Å². The monoisotopic (exact) mass is 205 g/mol. The number of carbonyl (C=O) groups excluding carboxylic acids is 1. The molecule has 0 aromatic heterocycles. The molecule has 0 saturated heterocycles. The molecule has 0 spiro atoms. The summed E-state index contributed by atoms with van der Waals surface area (Å²) >= 11 is 0. The highest BCUT2D eigenvalue weighted by molar-refractivity contribution is 5.66. The van der Waals surface area contributed by atoms with Crippen molar-refractivity contribution in [3.63, 3.8) is 0 Å². The number of unbranched alkanes of at least 4 members (excludes halogenated alkanes) is 4. The molecular formula is C10H20FNO2. The third kappa shape index (κ3) is 9.29. The zero-order valence-corrected chi connectivity index (χ0v) is 8.85. The number of hydrogen-bond donors (Lipinski definition) is 1. The van der Waals surface area contributed by atoms with Crippen molar-refractivity contribution in [1.82, 2.24) is 5.32 Å². The number of carbonyl (C=O) groups is 1. The van der Waals surface area contributed by atoms with Crippen LogP contribution in [-0.4, -0.2) is 25.9 Å². The second-order valence-corrected chi connectivity index (χ2v) is 3.17. The Hall–Kier alpha value is -0.800. The standard InChI is InChI=1S/C10H20FNO2/c1-2-3-4-5-6-8-12-10(13)14-9-7-11/h2-9H2,1H3,(H,12,13). The Balaban J connectivity index is 3.07. The first-order valence-electron chi connectivity index (χ1n) is 5.27. The van der Waals surface area contributed by atoms with Crippen molar-refractivity contribution < 1.29 is 13.9 Å². The van der Waals surface area contributed by atoms with Gasteiger partial charge in [-0.05, 0) is 6.42 Å². The number of amides is 1. The van der Waals surface area contributed by atoms with E-state index in [1.807, 2.05) is 0 Å². The first kappa shape index (κ1) is 13.2. The molecule has 0 radical (unpaired) electrons. The molecule has 0 saturated carbocycles. The van der Waals surface area contributed by atoms with E-state index in [0.717, 1.165) is 12.8 Å². The number of ether oxygens (including phenoxy) is 1. The number of nitrogens with one attached hydrogen (secondary N) is 1. The lowest BCUT2D eigenvalue weighted by atomic mass is 10.1. The van der Waals surface area contributed by atoms with Crippen molar-refractivity contribution in [2.75, 3.05) is 19.8 Å². The summed E-state index contributed by atoms with van der Waals surface area (Å²) in [5.41, 5.74) is 0. The van der Waals surface area contributed by atoms with Gasteiger partial charge in [0.2, 0.25) is 0 Å². The first-order valence-corrected chi connectivity index (χ1v) is 5.27. The minimum Gasteiger partial charge on any atom is -0.447 e. The van der Waals surface area contributed by atoms with E-state index in [0.29, 0.717) is 6.54 Å². The molecule has 0 rings (SSSR count). The smallest absolute Gasteiger partial charge is 0.407 e. The highest BCUT2D eigenvalue weighted by Crippen LogP contribution is 2.00. The van der Waals surface area contributed by atoms with E-state index in [1.165, 1.54) is 19.3 Å². The van der Waals surface area contributed by atoms with Crippen molar-refractivity contribution in [3.05, 3.63) is 0 Å². The number of rotatable bonds is 8. The molecule has 0 aromatic rings. The summed E-state index contributed by atoms with van der Waals surface area (Å²) in [7, 11) is 0. The maximum Gasteiger partial charge on any atom is 0.407 e. The van der Waals surface area contributed by atoms with Gasteiger partial charge in [0.1, 0.15) is 13.3 Å². The highest BCUT2D eigenvalue weighted by atomic mass is 19.1. The van der Waals surface area contributed by atoms with Crippen LogP contribution in [0.3, 0.4) is 0 Å². The van der Waals surface area contributed by atoms with Gasteiger partial charge in [-0.15, -0.1) is 0 Å². The summed E-state index contributed by atoms with van der Waals surface area (Å²) in [4.78, 5) is 10.8. The number of alkyl carbamates (subject to hydrolysis) is 1. The molecule has 0 bridgehead atoms. The quantitative estimate of drug-likeness (QED) is 0.619. The van der Waals surface area contributed by atoms with Gasteiger partial charge < -0.3 is 10.1 Å². The van der Waals surface area contributed by atoms with E-state index in [2.05, 4.69) is 17.0 Å². The Labute approximate surface area is 85.0 Å². The van der Waals surface area contributed by atoms with Crippen LogP contribution >= 0.6 is 0 Å². The number of halogens is 1. The Morgan fingerprint density at radius 2 is 2.00 bits per heavy atom. The summed E-state index contributed by atoms with van der Waals surface area (Å²) in [6.07, 6.45) is 5.23. The third-order valence-corrected chi connectivity index (χ3v) is 1.86. The fourth-order valence-corrected chi connectivity index (χ4v) is 1.10. The number of alkyl halides is 1. The first-order chi connectivity index (χ1) is 6.81. The second kappa shape index (κ2) is 10.3. The molecule has 0 heterocycles. The van der Waals surface area contributed by atoms with Crippen LogP contribution in [-0.2, 0) is 4.74 Å². The molecule has 0 fully saturated rings. The molecule has 0 aliphatic heterocycles. The van der Waals surface area contributed by atoms with Crippen LogP contribution in [0, 0.1) is 0 Å². The minimum absolute atomic E-state index is 0.151. The molecule has 14 heavy (non-hydrogen) atoms. The predicted octanol–water partition coefficient (Wildman–Crippen LogP) is 2.65. The molecule has 0 aliphatic carbocycles. The van der Waals surface area contributed by atoms with Crippen molar-refractivity contribution in [3.8, 4) is 0 Å². The molecule has 0 aliphatic rings. The lowest BCUT2D eigenvalue weighted by Gasteiger charge is -2.04. The largest absolute Gasteiger partial charge is 0.447 e. The molecule has 1 amide bonds. The Kier molecular flexibility index (Phi) is 9.69. The van der Waals surface area contributed by atoms with Crippen LogP contribution in [0.1, 0.15) is 39.0 Å². The SMILES string of the molecule is CCCCCCCNC(=O)OCCF. The molecule has 1 N–H and O–H groups in total. The molecular weight excluding hydrogens is 185 g/mol. The van der Waals surface area contributed by atoms with Crippen LogP contribution in [0.15, 0.2) is 0 Å². The summed E-state index contributed by atoms with van der Waals surface area (Å²) in [5.74, 6) is 0. The average molecular weight is 205 g/mol. The van der Waals surface area contributed by atoms with Crippen LogP contribution in [0.4, 0.5) is 9.18 Å². The number of hydrogen-bond acceptors (Lipinski definition) is 2. The van der Waals surface area contributed by atoms with E-state index in [-0.39, 0.29) is 6.61 Å². The summed E-state index contributed by atoms with van der Waals surface area (Å²) in [6, 6.07) is 0. The fraction of sp³-hybridized carbons (Fsp3) is 0.900. The van der Waals surface area contributed by atoms with Crippen molar-refractivity contribution in [1.29, 1.82) is 0 Å². The zero-order chi connectivity index (χ0) is 10.6. The fourth-order valence-electron chi connectivity index (χ4n) is 1.10. The van der Waals surface area contributed by atoms with Gasteiger partial charge >= 0.3 is 6.09 Å². The molecule has 0 aromatic carbocycles. The normalized spacial score (nSPS) is 9.86. The Bertz CT molecular complexity index is 142. The average Bonchev–Trinajstić information content (AvgIpc) is 2.20. The van der Waals surface area contributed by atoms with Gasteiger partial charge in [-0.1, -0.05) is 32.6 Å². The summed E-state index contributed by atoms with van der Waals surface area (Å²) in [6.45, 7) is 2.01. The summed E-state index contributed by atoms with van der Waals surface area (Å²) in [5, 5.41) is 2.57. The maximum absolute atomic E-state index is 11.6. The zero-order valence-electron chi connectivity index (χ0n) is 8.85. The lowest BCUT2D eigenvalue weighted by Crippen LogP contribution is -2.25. The predicted molar refractivity (Wildman–Crippen MR) is 54.1 cm³/mol. The van der Waals surface area contributed by atoms with Gasteiger partial charge in [0.15, 0.2) is 0 Å². The molecule has 4 heteroatoms. The second-order valence-electron chi connectivity index (χ2n) is 3.17. The van der Waals surface area contributed by atoms with Gasteiger partial charge in [-0.2, -0.15) is 0 Å². The van der Waals surface area contributed by atoms with E-state index >= 15 is 0 Å². The Morgan fingerprint density at radius 3 is 2.64 bits per heavy atom. The topological polar surface area (TPSA) is 38.3 Å². The molecule has 84 valence electrons. The van der Waals surface area contributed by atoms with E-state index < -0.39 is 12.8 Å². The van der Waals surface area contributed by atoms with Crippen LogP contribution in [0.25, 0.3) is 0 Å². The van der Waals surface area contributed by atoms with E-state index in [9.17, 15) is 9.18 Å². The Morgan fingerprint density at radius 1 is 1.29 bits per heavy atom. The van der Waals surface area contributed by atoms with Crippen LogP contribution in [0.2, 0.25) is 0 Å². The van der Waals surface area contributed by atoms with Crippen molar-refractivity contribution in [2.45, 2.75) is 39.0 Å². The minimum atomic E-state index is -0.621. The maximum atomic E-state index is 11.6. The highest BCUT2D eigenvalue weighted by Gasteiger charge is 1.99. The molecule has 0 atom stereocenters. The van der Waals surface area contributed by atoms with Crippen molar-refractivity contribution in [2.24, 2.45) is 0 Å². The van der Waals surface area contributed by atoms with Gasteiger partial charge in [0, 0.05) is 6.54 Å². The van der Waals surface area contributed by atoms with Crippen LogP contribution in [0.5, 0.6) is 0 Å². The summed E-state index contributed by atoms with van der Waals surface area (Å²) < 4.78 is 16.1. The lowest BCUT2D eigenvalue weighted by molar-refractivity contribution is 0.137. The van der Waals surface area contributed by atoms with Gasteiger partial charge in [-0.3, -0.25) is 0 Å². The third-order valence-electron chi connectivity index (χ3n) is 1.86.